The van der Waals surface area contributed by atoms with Gasteiger partial charge in [-0.05, 0) is 142 Å². The number of nitrogens with one attached hydrogen (secondary N) is 13. The average Bonchev–Trinajstić information content (AvgIpc) is 1.68. The second kappa shape index (κ2) is 41.4. The molecule has 2 aromatic carbocycles. The van der Waals surface area contributed by atoms with E-state index in [0.29, 0.717) is 34.9 Å². The van der Waals surface area contributed by atoms with E-state index in [-0.39, 0.29) is 76.8 Å². The number of rotatable bonds is 17. The van der Waals surface area contributed by atoms with Crippen LogP contribution >= 0.6 is 0 Å². The molecule has 1 aromatic heterocycles. The van der Waals surface area contributed by atoms with Crippen LogP contribution in [0.15, 0.2) is 54.7 Å². The number of unbranched alkanes of at least 4 members (excludes halogenated alkanes) is 1. The second-order valence-electron chi connectivity index (χ2n) is 29.7. The summed E-state index contributed by atoms with van der Waals surface area (Å²) in [7, 11) is 0. The number of hydrogen-bond donors (Lipinski definition) is 22. The summed E-state index contributed by atoms with van der Waals surface area (Å²) in [6, 6.07) is -16.2. The van der Waals surface area contributed by atoms with Gasteiger partial charge < -0.3 is 129 Å². The van der Waals surface area contributed by atoms with E-state index in [1.807, 2.05) is 0 Å². The number of hydrogen-bond acceptors (Lipinski definition) is 23. The van der Waals surface area contributed by atoms with Crippen molar-refractivity contribution in [2.75, 3.05) is 19.6 Å². The largest absolute Gasteiger partial charge is 0.508 e. The summed E-state index contributed by atoms with van der Waals surface area (Å²) in [6.07, 6.45) is 0.883. The lowest BCUT2D eigenvalue weighted by Crippen LogP contribution is -2.66. The molecule has 0 aliphatic carbocycles. The van der Waals surface area contributed by atoms with E-state index in [1.54, 1.807) is 44.3 Å². The van der Waals surface area contributed by atoms with Crippen molar-refractivity contribution in [2.45, 2.75) is 260 Å². The number of aromatic hydroxyl groups is 1. The zero-order valence-corrected chi connectivity index (χ0v) is 64.6. The van der Waals surface area contributed by atoms with Crippen LogP contribution in [0.25, 0.3) is 10.9 Å². The lowest BCUT2D eigenvalue weighted by molar-refractivity contribution is -0.148. The van der Waals surface area contributed by atoms with Crippen LogP contribution in [-0.2, 0) is 80.0 Å². The number of phenolic OH excluding ortho intramolecular Hbond substituents is 1. The molecule has 3 aromatic rings. The number of phenols is 1. The van der Waals surface area contributed by atoms with Gasteiger partial charge in [0.25, 0.3) is 0 Å². The van der Waals surface area contributed by atoms with Crippen LogP contribution in [-0.4, -0.2) is 254 Å². The van der Waals surface area contributed by atoms with Crippen molar-refractivity contribution in [3.8, 4) is 5.75 Å². The monoisotopic (exact) mass is 1560 g/mol. The average molecular weight is 1560 g/mol. The highest BCUT2D eigenvalue weighted by Gasteiger charge is 2.47. The second-order valence-corrected chi connectivity index (χ2v) is 29.7. The Morgan fingerprint density at radius 1 is 0.432 bits per heavy atom. The van der Waals surface area contributed by atoms with E-state index >= 15 is 0 Å². The molecule has 3 aliphatic rings. The van der Waals surface area contributed by atoms with Gasteiger partial charge in [-0.3, -0.25) is 67.1 Å². The SMILES string of the molecule is CC[C@H](C)[C@@H]1NC(=O)[C@H](Cc2ccc(O)cc2)NC(=O)[C@H]([C@@H](C)O)NC(=O)[C@@H]2CCCN2C(=O)[C@H]2CCCN2C(=O)[C@H](C(C)N)NC(=O)[C@H](C)NC(=O)[C@H](C(C)N)NC(=O)[C@H](C(C)N)NC(=O)[C@H](Cc2c[nH]c3ccccc23)NC(=O)[C@H](C(C)N)NC(=O)[C@H](C(C)N)NC(=O)[C@H](CCCCN)NC(=O)[C@H](C(C)N)NC1=O. The summed E-state index contributed by atoms with van der Waals surface area (Å²) in [6.45, 7) is 14.3. The van der Waals surface area contributed by atoms with E-state index in [9.17, 15) is 77.3 Å². The van der Waals surface area contributed by atoms with Gasteiger partial charge in [-0.1, -0.05) is 50.6 Å². The van der Waals surface area contributed by atoms with Crippen molar-refractivity contribution >= 4 is 93.6 Å². The number of fused-ring (bicyclic) bond motifs is 3. The maximum atomic E-state index is 14.8. The number of para-hydroxylation sites is 1. The molecule has 3 fully saturated rings. The molecule has 0 spiro atoms. The van der Waals surface area contributed by atoms with E-state index in [1.165, 1.54) is 89.5 Å². The van der Waals surface area contributed by atoms with Gasteiger partial charge in [0.05, 0.1) is 6.10 Å². The lowest BCUT2D eigenvalue weighted by atomic mass is 9.96. The van der Waals surface area contributed by atoms with Crippen molar-refractivity contribution in [1.29, 1.82) is 0 Å². The summed E-state index contributed by atoms with van der Waals surface area (Å²) in [4.78, 5) is 210. The maximum absolute atomic E-state index is 14.8. The van der Waals surface area contributed by atoms with Crippen molar-refractivity contribution in [3.05, 3.63) is 65.9 Å². The highest BCUT2D eigenvalue weighted by atomic mass is 16.3. The molecule has 38 nitrogen and oxygen atoms in total. The third kappa shape index (κ3) is 24.3. The number of H-pyrrole nitrogens is 1. The van der Waals surface area contributed by atoms with E-state index in [2.05, 4.69) is 68.8 Å². The fourth-order valence-electron chi connectivity index (χ4n) is 13.4. The first-order valence-corrected chi connectivity index (χ1v) is 37.8. The summed E-state index contributed by atoms with van der Waals surface area (Å²) in [5.74, 6) is -14.2. The molecular weight excluding hydrogens is 1440 g/mol. The van der Waals surface area contributed by atoms with Crippen LogP contribution in [0.4, 0.5) is 0 Å². The zero-order chi connectivity index (χ0) is 82.6. The molecule has 111 heavy (non-hydrogen) atoms. The number of aliphatic hydroxyl groups excluding tert-OH is 1. The molecular formula is C73H116N22O16. The number of aromatic amines is 1. The highest BCUT2D eigenvalue weighted by Crippen LogP contribution is 2.27. The number of carbonyl (C=O) groups is 14. The van der Waals surface area contributed by atoms with Crippen LogP contribution in [0.2, 0.25) is 0 Å². The number of aromatic nitrogens is 1. The Bertz CT molecular complexity index is 3780. The first kappa shape index (κ1) is 89.9. The minimum absolute atomic E-state index is 0.0147. The first-order valence-electron chi connectivity index (χ1n) is 37.8. The van der Waals surface area contributed by atoms with Crippen molar-refractivity contribution in [3.63, 3.8) is 0 Å². The number of aliphatic hydroxyl groups is 1. The fraction of sp³-hybridized carbons (Fsp3) is 0.616. The molecule has 14 amide bonds. The van der Waals surface area contributed by atoms with Crippen LogP contribution < -0.4 is 104 Å². The number of nitrogens with two attached hydrogens (primary N) is 7. The van der Waals surface area contributed by atoms with Gasteiger partial charge >= 0.3 is 0 Å². The Kier molecular flexibility index (Phi) is 33.5. The van der Waals surface area contributed by atoms with Gasteiger partial charge in [0.15, 0.2) is 0 Å². The maximum Gasteiger partial charge on any atom is 0.247 e. The molecule has 3 aliphatic heterocycles. The summed E-state index contributed by atoms with van der Waals surface area (Å²) in [5.41, 5.74) is 45.7. The van der Waals surface area contributed by atoms with Crippen LogP contribution in [0.5, 0.6) is 5.75 Å². The summed E-state index contributed by atoms with van der Waals surface area (Å²) < 4.78 is 0. The molecule has 614 valence electrons. The van der Waals surface area contributed by atoms with Crippen molar-refractivity contribution in [1.82, 2.24) is 78.6 Å². The highest BCUT2D eigenvalue weighted by molar-refractivity contribution is 6.02. The molecule has 0 saturated carbocycles. The smallest absolute Gasteiger partial charge is 0.247 e. The number of carbonyl (C=O) groups excluding carboxylic acids is 14. The molecule has 22 atom stereocenters. The van der Waals surface area contributed by atoms with E-state index < -0.39 is 216 Å². The molecule has 6 rings (SSSR count). The molecule has 29 N–H and O–H groups in total. The fourth-order valence-corrected chi connectivity index (χ4v) is 13.4. The Labute approximate surface area is 644 Å². The van der Waals surface area contributed by atoms with Gasteiger partial charge in [-0.15, -0.1) is 0 Å². The predicted octanol–water partition coefficient (Wildman–Crippen LogP) is -6.87. The quantitative estimate of drug-likeness (QED) is 0.0559. The van der Waals surface area contributed by atoms with Crippen LogP contribution in [0.1, 0.15) is 132 Å². The van der Waals surface area contributed by atoms with Gasteiger partial charge in [0, 0.05) is 79.3 Å². The Morgan fingerprint density at radius 2 is 0.829 bits per heavy atom. The summed E-state index contributed by atoms with van der Waals surface area (Å²) in [5, 5.41) is 53.0. The topological polar surface area (TPSA) is 628 Å². The zero-order valence-electron chi connectivity index (χ0n) is 64.6. The third-order valence-corrected chi connectivity index (χ3v) is 20.2. The molecule has 0 radical (unpaired) electrons. The van der Waals surface area contributed by atoms with Crippen LogP contribution in [0.3, 0.4) is 0 Å². The van der Waals surface area contributed by atoms with Crippen LogP contribution in [0, 0.1) is 5.92 Å². The first-order chi connectivity index (χ1) is 52.3. The van der Waals surface area contributed by atoms with Gasteiger partial charge in [-0.2, -0.15) is 0 Å². The van der Waals surface area contributed by atoms with E-state index in [4.69, 9.17) is 40.1 Å². The Hall–Kier alpha value is -9.96. The minimum Gasteiger partial charge on any atom is -0.508 e. The summed E-state index contributed by atoms with van der Waals surface area (Å²) >= 11 is 0. The lowest BCUT2D eigenvalue weighted by Gasteiger charge is -2.34. The number of amides is 14. The number of benzene rings is 2. The predicted molar refractivity (Wildman–Crippen MR) is 408 cm³/mol. The molecule has 0 bridgehead atoms. The molecule has 38 heteroatoms. The van der Waals surface area contributed by atoms with Crippen molar-refractivity contribution < 1.29 is 77.3 Å². The van der Waals surface area contributed by atoms with Crippen molar-refractivity contribution in [2.24, 2.45) is 46.1 Å². The third-order valence-electron chi connectivity index (χ3n) is 20.2. The van der Waals surface area contributed by atoms with Gasteiger partial charge in [0.1, 0.15) is 90.3 Å². The minimum atomic E-state index is -1.79. The molecule has 6 unspecified atom stereocenters. The van der Waals surface area contributed by atoms with Gasteiger partial charge in [-0.25, -0.2) is 0 Å². The normalized spacial score (nSPS) is 28.8. The molecule has 3 saturated heterocycles. The standard InChI is InChI=1S/C73H116N22O16/c1-11-33(2)52-65(103)89-54(35(4)76)67(105)83-47(20-14-15-27-74)61(99)87-56(37(6)78)69(107)91-55(36(5)77)68(106)85-49(31-43-32-81-46-19-13-12-18-45(43)46)63(101)88-57(38(7)79)70(108)90-53(34(3)75)66(104)82-40(9)60(98)92-58(39(8)80)73(111)95-29-17-22-51(95)72(110)94-28-16-21-50(94)64(102)93-59(41(10)96)71(109)84-48(62(100)86-52)30-42-23-25-44(97)26-24-42/h12-13,18-19,23-26,32-41,47-59,81,96-97H,11,14-17,20-22,27-31,74-80H2,1-10H3,(H,82,104)(H,83,105)(H,84,109)(H,85,106)(H,86,100)(H,87,99)(H,88,101)(H,89,103)(H,90,108)(H,91,107)(H,92,98)(H,93,102)/t33-,34?,35?,36?,37?,38?,39?,40-,41+,47-,48-,49-,50-,51+,52-,53-,54-,55-,56-,57-,58-,59-/m0/s1. The molecule has 4 heterocycles. The van der Waals surface area contributed by atoms with E-state index in [0.717, 1.165) is 0 Å². The van der Waals surface area contributed by atoms with Gasteiger partial charge in [0.2, 0.25) is 82.7 Å². The number of nitrogens with zero attached hydrogens (tertiary/aromatic N) is 2. The Balaban J connectivity index is 1.40. The Morgan fingerprint density at radius 3 is 1.32 bits per heavy atom.